The minimum absolute atomic E-state index is 0.362. The first-order valence-corrected chi connectivity index (χ1v) is 7.35. The van der Waals surface area contributed by atoms with Crippen LogP contribution >= 0.6 is 15.9 Å². The van der Waals surface area contributed by atoms with Crippen LogP contribution in [0.5, 0.6) is 11.5 Å². The molecule has 0 radical (unpaired) electrons. The van der Waals surface area contributed by atoms with E-state index in [1.54, 1.807) is 13.2 Å². The van der Waals surface area contributed by atoms with Crippen molar-refractivity contribution in [3.05, 3.63) is 57.8 Å². The quantitative estimate of drug-likeness (QED) is 0.882. The molecule has 1 unspecified atom stereocenters. The third-order valence-corrected chi connectivity index (χ3v) is 4.31. The Labute approximate surface area is 130 Å². The first kappa shape index (κ1) is 14.4. The molecule has 2 atom stereocenters. The van der Waals surface area contributed by atoms with Gasteiger partial charge in [-0.15, -0.1) is 0 Å². The van der Waals surface area contributed by atoms with Gasteiger partial charge >= 0.3 is 0 Å². The maximum atomic E-state index is 13.4. The first-order chi connectivity index (χ1) is 10.1. The van der Waals surface area contributed by atoms with Gasteiger partial charge in [-0.05, 0) is 30.3 Å². The highest BCUT2D eigenvalue weighted by molar-refractivity contribution is 9.10. The number of hydrogen-bond acceptors (Lipinski definition) is 3. The van der Waals surface area contributed by atoms with Gasteiger partial charge < -0.3 is 14.6 Å². The molecular formula is C16H14BrFO3. The van der Waals surface area contributed by atoms with Crippen LogP contribution in [0.2, 0.25) is 0 Å². The van der Waals surface area contributed by atoms with E-state index in [0.29, 0.717) is 23.5 Å². The molecule has 21 heavy (non-hydrogen) atoms. The van der Waals surface area contributed by atoms with E-state index in [2.05, 4.69) is 15.9 Å². The third kappa shape index (κ3) is 2.76. The van der Waals surface area contributed by atoms with Crippen molar-refractivity contribution in [2.24, 2.45) is 0 Å². The molecule has 1 aliphatic rings. The molecule has 0 aliphatic carbocycles. The fourth-order valence-electron chi connectivity index (χ4n) is 2.50. The summed E-state index contributed by atoms with van der Waals surface area (Å²) in [4.78, 5) is 0. The van der Waals surface area contributed by atoms with Crippen LogP contribution in [0.3, 0.4) is 0 Å². The molecule has 1 aliphatic heterocycles. The summed E-state index contributed by atoms with van der Waals surface area (Å²) in [5.41, 5.74) is 1.48. The van der Waals surface area contributed by atoms with E-state index in [1.807, 2.05) is 18.2 Å². The second-order valence-electron chi connectivity index (χ2n) is 4.93. The zero-order valence-corrected chi connectivity index (χ0v) is 12.9. The van der Waals surface area contributed by atoms with Crippen molar-refractivity contribution in [2.45, 2.75) is 18.6 Å². The molecule has 0 fully saturated rings. The van der Waals surface area contributed by atoms with Crippen molar-refractivity contribution in [3.8, 4) is 11.5 Å². The molecule has 0 saturated heterocycles. The lowest BCUT2D eigenvalue weighted by Crippen LogP contribution is -2.19. The predicted molar refractivity (Wildman–Crippen MR) is 80.0 cm³/mol. The van der Waals surface area contributed by atoms with Gasteiger partial charge in [0.1, 0.15) is 23.4 Å². The minimum Gasteiger partial charge on any atom is -0.497 e. The van der Waals surface area contributed by atoms with Crippen LogP contribution in [0.4, 0.5) is 4.39 Å². The lowest BCUT2D eigenvalue weighted by atomic mass is 9.95. The van der Waals surface area contributed by atoms with Crippen LogP contribution in [0.25, 0.3) is 0 Å². The summed E-state index contributed by atoms with van der Waals surface area (Å²) in [6.45, 7) is 0. The van der Waals surface area contributed by atoms with Gasteiger partial charge in [-0.3, -0.25) is 0 Å². The predicted octanol–water partition coefficient (Wildman–Crippen LogP) is 4.15. The molecule has 0 spiro atoms. The third-order valence-electron chi connectivity index (χ3n) is 3.59. The van der Waals surface area contributed by atoms with E-state index in [0.717, 1.165) is 10.0 Å². The number of ether oxygens (including phenoxy) is 2. The number of methoxy groups -OCH3 is 1. The molecule has 2 aromatic rings. The molecule has 3 rings (SSSR count). The van der Waals surface area contributed by atoms with Gasteiger partial charge in [0.05, 0.1) is 13.2 Å². The average Bonchev–Trinajstić information content (AvgIpc) is 2.47. The monoisotopic (exact) mass is 352 g/mol. The van der Waals surface area contributed by atoms with Crippen LogP contribution in [0.15, 0.2) is 40.9 Å². The standard InChI is InChI=1S/C16H14BrFO3/c1-20-10-3-5-13(17)12(7-10)16-8-14(19)11-4-2-9(18)6-15(11)21-16/h2-7,14,16,19H,8H2,1H3/t14-,16?/m0/s1. The number of rotatable bonds is 2. The zero-order valence-electron chi connectivity index (χ0n) is 11.3. The SMILES string of the molecule is COc1ccc(Br)c(C2C[C@H](O)c3ccc(F)cc3O2)c1. The Bertz CT molecular complexity index is 675. The van der Waals surface area contributed by atoms with Gasteiger partial charge in [-0.2, -0.15) is 0 Å². The molecule has 1 heterocycles. The first-order valence-electron chi connectivity index (χ1n) is 6.56. The van der Waals surface area contributed by atoms with E-state index >= 15 is 0 Å². The van der Waals surface area contributed by atoms with Crippen molar-refractivity contribution in [2.75, 3.05) is 7.11 Å². The Hall–Kier alpha value is -1.59. The molecule has 110 valence electrons. The molecule has 1 N–H and O–H groups in total. The molecule has 0 bridgehead atoms. The summed E-state index contributed by atoms with van der Waals surface area (Å²) in [6.07, 6.45) is -0.638. The number of aliphatic hydroxyl groups excluding tert-OH is 1. The van der Waals surface area contributed by atoms with E-state index in [-0.39, 0.29) is 11.9 Å². The normalized spacial score (nSPS) is 20.6. The second kappa shape index (κ2) is 5.66. The van der Waals surface area contributed by atoms with Crippen molar-refractivity contribution in [1.82, 2.24) is 0 Å². The van der Waals surface area contributed by atoms with Crippen molar-refractivity contribution in [1.29, 1.82) is 0 Å². The van der Waals surface area contributed by atoms with Crippen molar-refractivity contribution < 1.29 is 19.0 Å². The summed E-state index contributed by atoms with van der Waals surface area (Å²) in [5.74, 6) is 0.705. The number of hydrogen-bond donors (Lipinski definition) is 1. The fourth-order valence-corrected chi connectivity index (χ4v) is 3.00. The summed E-state index contributed by atoms with van der Waals surface area (Å²) in [6, 6.07) is 9.75. The summed E-state index contributed by atoms with van der Waals surface area (Å²) < 4.78 is 25.3. The Morgan fingerprint density at radius 1 is 1.24 bits per heavy atom. The van der Waals surface area contributed by atoms with Gasteiger partial charge in [-0.25, -0.2) is 4.39 Å². The van der Waals surface area contributed by atoms with Crippen LogP contribution in [-0.4, -0.2) is 12.2 Å². The lowest BCUT2D eigenvalue weighted by molar-refractivity contribution is 0.0649. The van der Waals surface area contributed by atoms with Crippen LogP contribution in [0.1, 0.15) is 29.8 Å². The van der Waals surface area contributed by atoms with Gasteiger partial charge in [0.25, 0.3) is 0 Å². The lowest BCUT2D eigenvalue weighted by Gasteiger charge is -2.30. The fraction of sp³-hybridized carbons (Fsp3) is 0.250. The minimum atomic E-state index is -0.683. The Morgan fingerprint density at radius 2 is 2.05 bits per heavy atom. The number of halogens is 2. The Kier molecular flexibility index (Phi) is 3.87. The zero-order chi connectivity index (χ0) is 15.0. The Balaban J connectivity index is 1.99. The molecule has 5 heteroatoms. The number of benzene rings is 2. The maximum absolute atomic E-state index is 13.4. The highest BCUT2D eigenvalue weighted by Crippen LogP contribution is 2.43. The van der Waals surface area contributed by atoms with E-state index in [4.69, 9.17) is 9.47 Å². The van der Waals surface area contributed by atoms with E-state index < -0.39 is 6.10 Å². The second-order valence-corrected chi connectivity index (χ2v) is 5.78. The van der Waals surface area contributed by atoms with Gasteiger partial charge in [0, 0.05) is 28.1 Å². The number of aliphatic hydroxyl groups is 1. The molecule has 0 aromatic heterocycles. The van der Waals surface area contributed by atoms with Gasteiger partial charge in [0.2, 0.25) is 0 Å². The van der Waals surface area contributed by atoms with Crippen LogP contribution in [0, 0.1) is 5.82 Å². The van der Waals surface area contributed by atoms with Gasteiger partial charge in [-0.1, -0.05) is 15.9 Å². The molecule has 2 aromatic carbocycles. The number of fused-ring (bicyclic) bond motifs is 1. The topological polar surface area (TPSA) is 38.7 Å². The van der Waals surface area contributed by atoms with Crippen molar-refractivity contribution in [3.63, 3.8) is 0 Å². The summed E-state index contributed by atoms with van der Waals surface area (Å²) in [7, 11) is 1.59. The van der Waals surface area contributed by atoms with Gasteiger partial charge in [0.15, 0.2) is 0 Å². The largest absolute Gasteiger partial charge is 0.497 e. The van der Waals surface area contributed by atoms with E-state index in [9.17, 15) is 9.50 Å². The smallest absolute Gasteiger partial charge is 0.128 e. The Morgan fingerprint density at radius 3 is 2.81 bits per heavy atom. The average molecular weight is 353 g/mol. The highest BCUT2D eigenvalue weighted by Gasteiger charge is 2.29. The summed E-state index contributed by atoms with van der Waals surface area (Å²) >= 11 is 3.48. The molecule has 0 saturated carbocycles. The van der Waals surface area contributed by atoms with Crippen molar-refractivity contribution >= 4 is 15.9 Å². The van der Waals surface area contributed by atoms with Crippen LogP contribution < -0.4 is 9.47 Å². The maximum Gasteiger partial charge on any atom is 0.128 e. The molecule has 3 nitrogen and oxygen atoms in total. The highest BCUT2D eigenvalue weighted by atomic mass is 79.9. The summed E-state index contributed by atoms with van der Waals surface area (Å²) in [5, 5.41) is 10.3. The molecule has 0 amide bonds. The van der Waals surface area contributed by atoms with Crippen LogP contribution in [-0.2, 0) is 0 Å². The molecular weight excluding hydrogens is 339 g/mol. The van der Waals surface area contributed by atoms with E-state index in [1.165, 1.54) is 12.1 Å².